The highest BCUT2D eigenvalue weighted by atomic mass is 15.3. The predicted octanol–water partition coefficient (Wildman–Crippen LogP) is 2.46. The summed E-state index contributed by atoms with van der Waals surface area (Å²) in [7, 11) is 1.97. The van der Waals surface area contributed by atoms with Gasteiger partial charge in [0.25, 0.3) is 0 Å². The van der Waals surface area contributed by atoms with Crippen LogP contribution >= 0.6 is 0 Å². The highest BCUT2D eigenvalue weighted by molar-refractivity contribution is 5.15. The molecule has 0 radical (unpaired) electrons. The predicted molar refractivity (Wildman–Crippen MR) is 78.8 cm³/mol. The molecule has 2 N–H and O–H groups in total. The minimum atomic E-state index is 0.179. The molecule has 19 heavy (non-hydrogen) atoms. The Bertz CT molecular complexity index is 401. The molecule has 0 amide bonds. The van der Waals surface area contributed by atoms with Gasteiger partial charge >= 0.3 is 0 Å². The average Bonchev–Trinajstić information content (AvgIpc) is 2.97. The van der Waals surface area contributed by atoms with Gasteiger partial charge in [-0.2, -0.15) is 5.10 Å². The van der Waals surface area contributed by atoms with Gasteiger partial charge in [-0.05, 0) is 32.6 Å². The first-order valence-electron chi connectivity index (χ1n) is 7.60. The Balaban J connectivity index is 2.31. The van der Waals surface area contributed by atoms with Crippen LogP contribution in [0.2, 0.25) is 0 Å². The van der Waals surface area contributed by atoms with Crippen molar-refractivity contribution in [2.45, 2.75) is 70.6 Å². The Morgan fingerprint density at radius 3 is 2.68 bits per heavy atom. The molecule has 1 fully saturated rings. The van der Waals surface area contributed by atoms with E-state index in [1.54, 1.807) is 0 Å². The molecule has 1 saturated heterocycles. The van der Waals surface area contributed by atoms with Crippen molar-refractivity contribution in [1.29, 1.82) is 0 Å². The molecule has 0 spiro atoms. The molecule has 1 aliphatic heterocycles. The van der Waals surface area contributed by atoms with Gasteiger partial charge in [0.1, 0.15) is 0 Å². The first kappa shape index (κ1) is 14.5. The fourth-order valence-corrected chi connectivity index (χ4v) is 3.46. The maximum absolute atomic E-state index is 6.44. The quantitative estimate of drug-likeness (QED) is 0.888. The summed E-state index contributed by atoms with van der Waals surface area (Å²) in [5.41, 5.74) is 7.71. The summed E-state index contributed by atoms with van der Waals surface area (Å²) < 4.78 is 1.88. The molecular weight excluding hydrogens is 236 g/mol. The topological polar surface area (TPSA) is 47.1 Å². The van der Waals surface area contributed by atoms with Crippen LogP contribution in [-0.2, 0) is 7.05 Å². The van der Waals surface area contributed by atoms with Crippen LogP contribution in [0, 0.1) is 0 Å². The Morgan fingerprint density at radius 1 is 1.42 bits per heavy atom. The molecule has 0 saturated carbocycles. The van der Waals surface area contributed by atoms with Crippen LogP contribution < -0.4 is 5.73 Å². The normalized spacial score (nSPS) is 27.6. The smallest absolute Gasteiger partial charge is 0.0538 e. The average molecular weight is 264 g/mol. The summed E-state index contributed by atoms with van der Waals surface area (Å²) in [6, 6.07) is 1.77. The number of aryl methyl sites for hydroxylation is 1. The number of rotatable bonds is 5. The van der Waals surface area contributed by atoms with Crippen LogP contribution in [0.25, 0.3) is 0 Å². The Hall–Kier alpha value is -0.870. The molecule has 4 heteroatoms. The standard InChI is InChI=1S/C15H28N4/c1-5-13-8-7-11(3)19(13)15(14(16)6-2)12-9-17-18(4)10-12/h9-11,13-15H,5-8,16H2,1-4H3. The maximum Gasteiger partial charge on any atom is 0.0538 e. The number of nitrogens with zero attached hydrogens (tertiary/aromatic N) is 3. The highest BCUT2D eigenvalue weighted by Gasteiger charge is 2.38. The van der Waals surface area contributed by atoms with E-state index in [-0.39, 0.29) is 6.04 Å². The molecule has 1 aromatic rings. The van der Waals surface area contributed by atoms with Crippen LogP contribution in [-0.4, -0.2) is 32.8 Å². The molecule has 4 unspecified atom stereocenters. The number of aromatic nitrogens is 2. The Labute approximate surface area is 117 Å². The van der Waals surface area contributed by atoms with Gasteiger partial charge in [0.15, 0.2) is 0 Å². The van der Waals surface area contributed by atoms with Gasteiger partial charge in [-0.3, -0.25) is 9.58 Å². The second-order valence-electron chi connectivity index (χ2n) is 5.90. The van der Waals surface area contributed by atoms with E-state index in [2.05, 4.69) is 37.0 Å². The summed E-state index contributed by atoms with van der Waals surface area (Å²) >= 11 is 0. The highest BCUT2D eigenvalue weighted by Crippen LogP contribution is 2.36. The Kier molecular flexibility index (Phi) is 4.63. The maximum atomic E-state index is 6.44. The van der Waals surface area contributed by atoms with Gasteiger partial charge in [-0.25, -0.2) is 0 Å². The van der Waals surface area contributed by atoms with Gasteiger partial charge in [-0.15, -0.1) is 0 Å². The summed E-state index contributed by atoms with van der Waals surface area (Å²) in [5, 5.41) is 4.34. The molecular formula is C15H28N4. The number of hydrogen-bond acceptors (Lipinski definition) is 3. The van der Waals surface area contributed by atoms with Crippen molar-refractivity contribution >= 4 is 0 Å². The zero-order valence-electron chi connectivity index (χ0n) is 12.7. The van der Waals surface area contributed by atoms with Crippen LogP contribution in [0.15, 0.2) is 12.4 Å². The fourth-order valence-electron chi connectivity index (χ4n) is 3.46. The lowest BCUT2D eigenvalue weighted by Crippen LogP contribution is -2.45. The van der Waals surface area contributed by atoms with Gasteiger partial charge in [0.05, 0.1) is 12.2 Å². The van der Waals surface area contributed by atoms with Crippen LogP contribution in [0.3, 0.4) is 0 Å². The van der Waals surface area contributed by atoms with Gasteiger partial charge in [0, 0.05) is 36.9 Å². The summed E-state index contributed by atoms with van der Waals surface area (Å²) in [6.07, 6.45) is 8.89. The molecule has 0 aliphatic carbocycles. The van der Waals surface area contributed by atoms with E-state index in [1.807, 2.05) is 17.9 Å². The summed E-state index contributed by atoms with van der Waals surface area (Å²) in [5.74, 6) is 0. The molecule has 0 bridgehead atoms. The number of likely N-dealkylation sites (tertiary alicyclic amines) is 1. The molecule has 108 valence electrons. The van der Waals surface area contributed by atoms with E-state index in [1.165, 1.54) is 24.8 Å². The lowest BCUT2D eigenvalue weighted by molar-refractivity contribution is 0.111. The zero-order valence-corrected chi connectivity index (χ0v) is 12.7. The van der Waals surface area contributed by atoms with E-state index in [9.17, 15) is 0 Å². The van der Waals surface area contributed by atoms with Crippen molar-refractivity contribution in [1.82, 2.24) is 14.7 Å². The lowest BCUT2D eigenvalue weighted by atomic mass is 9.97. The largest absolute Gasteiger partial charge is 0.326 e. The van der Waals surface area contributed by atoms with Crippen molar-refractivity contribution in [3.8, 4) is 0 Å². The van der Waals surface area contributed by atoms with E-state index >= 15 is 0 Å². The zero-order chi connectivity index (χ0) is 14.0. The second kappa shape index (κ2) is 6.06. The molecule has 0 aromatic carbocycles. The molecule has 1 aliphatic rings. The third-order valence-electron chi connectivity index (χ3n) is 4.58. The van der Waals surface area contributed by atoms with Gasteiger partial charge in [-0.1, -0.05) is 13.8 Å². The SMILES string of the molecule is CCC(N)C(c1cnn(C)c1)N1C(C)CCC1CC. The van der Waals surface area contributed by atoms with Crippen LogP contribution in [0.1, 0.15) is 58.1 Å². The van der Waals surface area contributed by atoms with E-state index in [0.717, 1.165) is 6.42 Å². The summed E-state index contributed by atoms with van der Waals surface area (Å²) in [4.78, 5) is 2.64. The van der Waals surface area contributed by atoms with E-state index in [4.69, 9.17) is 5.73 Å². The molecule has 4 nitrogen and oxygen atoms in total. The van der Waals surface area contributed by atoms with Gasteiger partial charge in [0.2, 0.25) is 0 Å². The third kappa shape index (κ3) is 2.84. The van der Waals surface area contributed by atoms with E-state index < -0.39 is 0 Å². The van der Waals surface area contributed by atoms with E-state index in [0.29, 0.717) is 18.1 Å². The van der Waals surface area contributed by atoms with Crippen LogP contribution in [0.5, 0.6) is 0 Å². The first-order valence-corrected chi connectivity index (χ1v) is 7.60. The third-order valence-corrected chi connectivity index (χ3v) is 4.58. The molecule has 4 atom stereocenters. The Morgan fingerprint density at radius 2 is 2.16 bits per heavy atom. The van der Waals surface area contributed by atoms with Crippen molar-refractivity contribution in [2.24, 2.45) is 12.8 Å². The lowest BCUT2D eigenvalue weighted by Gasteiger charge is -2.38. The monoisotopic (exact) mass is 264 g/mol. The van der Waals surface area contributed by atoms with Crippen molar-refractivity contribution in [2.75, 3.05) is 0 Å². The minimum Gasteiger partial charge on any atom is -0.326 e. The fraction of sp³-hybridized carbons (Fsp3) is 0.800. The summed E-state index contributed by atoms with van der Waals surface area (Å²) in [6.45, 7) is 6.80. The van der Waals surface area contributed by atoms with Crippen molar-refractivity contribution in [3.63, 3.8) is 0 Å². The van der Waals surface area contributed by atoms with Gasteiger partial charge < -0.3 is 5.73 Å². The molecule has 2 heterocycles. The van der Waals surface area contributed by atoms with Crippen LogP contribution in [0.4, 0.5) is 0 Å². The van der Waals surface area contributed by atoms with Crippen molar-refractivity contribution in [3.05, 3.63) is 18.0 Å². The molecule has 2 rings (SSSR count). The number of hydrogen-bond donors (Lipinski definition) is 1. The molecule has 1 aromatic heterocycles. The van der Waals surface area contributed by atoms with Crippen molar-refractivity contribution < 1.29 is 0 Å². The minimum absolute atomic E-state index is 0.179. The second-order valence-corrected chi connectivity index (χ2v) is 5.90. The number of nitrogens with two attached hydrogens (primary N) is 1. The first-order chi connectivity index (χ1) is 9.08.